The summed E-state index contributed by atoms with van der Waals surface area (Å²) in [4.78, 5) is 10.8. The van der Waals surface area contributed by atoms with Gasteiger partial charge in [0.15, 0.2) is 0 Å². The molecule has 0 bridgehead atoms. The molecule has 0 fully saturated rings. The van der Waals surface area contributed by atoms with Crippen LogP contribution in [0.4, 0.5) is 11.5 Å². The predicted octanol–water partition coefficient (Wildman–Crippen LogP) is 3.86. The molecule has 1 heterocycles. The fraction of sp³-hybridized carbons (Fsp3) is 0.500. The summed E-state index contributed by atoms with van der Waals surface area (Å²) in [5, 5.41) is 18.6. The van der Waals surface area contributed by atoms with Gasteiger partial charge < -0.3 is 10.1 Å². The molecule has 1 aromatic carbocycles. The average molecular weight is 346 g/mol. The minimum Gasteiger partial charge on any atom is -0.491 e. The van der Waals surface area contributed by atoms with Gasteiger partial charge in [0.25, 0.3) is 0 Å². The number of hydrogen-bond acceptors (Lipinski definition) is 5. The Hall–Kier alpha value is -2.57. The van der Waals surface area contributed by atoms with Gasteiger partial charge in [-0.2, -0.15) is 5.10 Å². The van der Waals surface area contributed by atoms with Crippen LogP contribution in [0.25, 0.3) is 0 Å². The Labute approximate surface area is 148 Å². The van der Waals surface area contributed by atoms with Crippen LogP contribution in [0.1, 0.15) is 38.4 Å². The average Bonchev–Trinajstić information content (AvgIpc) is 2.80. The molecule has 1 aromatic heterocycles. The summed E-state index contributed by atoms with van der Waals surface area (Å²) in [6.07, 6.45) is 1.89. The van der Waals surface area contributed by atoms with Crippen molar-refractivity contribution >= 4 is 11.5 Å². The lowest BCUT2D eigenvalue weighted by atomic mass is 10.1. The topological polar surface area (TPSA) is 82.2 Å². The molecule has 0 spiro atoms. The van der Waals surface area contributed by atoms with E-state index < -0.39 is 0 Å². The van der Waals surface area contributed by atoms with Crippen molar-refractivity contribution in [3.05, 3.63) is 45.6 Å². The third-order valence-electron chi connectivity index (χ3n) is 3.92. The first-order valence-corrected chi connectivity index (χ1v) is 8.48. The van der Waals surface area contributed by atoms with Crippen LogP contribution in [-0.2, 0) is 13.5 Å². The number of rotatable bonds is 8. The van der Waals surface area contributed by atoms with Crippen molar-refractivity contribution in [1.29, 1.82) is 0 Å². The van der Waals surface area contributed by atoms with E-state index in [1.807, 2.05) is 32.9 Å². The van der Waals surface area contributed by atoms with Crippen LogP contribution in [0.3, 0.4) is 0 Å². The fourth-order valence-electron chi connectivity index (χ4n) is 2.72. The Morgan fingerprint density at radius 1 is 1.28 bits per heavy atom. The molecule has 0 aliphatic carbocycles. The van der Waals surface area contributed by atoms with Crippen LogP contribution in [0, 0.1) is 17.0 Å². The van der Waals surface area contributed by atoms with E-state index >= 15 is 0 Å². The number of nitrogens with zero attached hydrogens (tertiary/aromatic N) is 3. The number of aryl methyl sites for hydroxylation is 3. The molecule has 0 radical (unpaired) electrons. The van der Waals surface area contributed by atoms with Gasteiger partial charge >= 0.3 is 5.69 Å². The molecule has 0 saturated heterocycles. The summed E-state index contributed by atoms with van der Waals surface area (Å²) >= 11 is 0. The number of anilines is 1. The van der Waals surface area contributed by atoms with Crippen molar-refractivity contribution in [2.24, 2.45) is 7.05 Å². The van der Waals surface area contributed by atoms with Crippen LogP contribution >= 0.6 is 0 Å². The molecule has 7 nitrogen and oxygen atoms in total. The molecule has 0 aliphatic rings. The van der Waals surface area contributed by atoms with E-state index in [2.05, 4.69) is 22.5 Å². The van der Waals surface area contributed by atoms with Gasteiger partial charge in [-0.3, -0.25) is 10.1 Å². The second kappa shape index (κ2) is 8.00. The molecular formula is C18H26N4O3. The van der Waals surface area contributed by atoms with Crippen LogP contribution in [0.5, 0.6) is 5.75 Å². The van der Waals surface area contributed by atoms with E-state index in [9.17, 15) is 10.1 Å². The van der Waals surface area contributed by atoms with E-state index in [1.54, 1.807) is 14.0 Å². The number of nitro groups is 1. The Bertz CT molecular complexity index is 723. The third kappa shape index (κ3) is 4.95. The zero-order valence-corrected chi connectivity index (χ0v) is 15.4. The molecule has 1 N–H and O–H groups in total. The highest BCUT2D eigenvalue weighted by atomic mass is 16.6. The van der Waals surface area contributed by atoms with Gasteiger partial charge in [0, 0.05) is 13.1 Å². The van der Waals surface area contributed by atoms with Gasteiger partial charge in [-0.15, -0.1) is 0 Å². The highest BCUT2D eigenvalue weighted by molar-refractivity contribution is 5.59. The summed E-state index contributed by atoms with van der Waals surface area (Å²) in [6.45, 7) is 7.66. The van der Waals surface area contributed by atoms with Gasteiger partial charge in [0.2, 0.25) is 5.82 Å². The van der Waals surface area contributed by atoms with Crippen molar-refractivity contribution < 1.29 is 9.66 Å². The molecule has 25 heavy (non-hydrogen) atoms. The van der Waals surface area contributed by atoms with E-state index in [4.69, 9.17) is 4.74 Å². The number of nitrogens with one attached hydrogen (secondary N) is 1. The minimum atomic E-state index is -0.384. The lowest BCUT2D eigenvalue weighted by Gasteiger charge is -2.15. The van der Waals surface area contributed by atoms with Gasteiger partial charge in [0.05, 0.1) is 11.0 Å². The first-order chi connectivity index (χ1) is 11.8. The smallest absolute Gasteiger partial charge is 0.333 e. The normalized spacial score (nSPS) is 12.2. The van der Waals surface area contributed by atoms with E-state index in [-0.39, 0.29) is 22.8 Å². The Kier molecular flexibility index (Phi) is 6.01. The first kappa shape index (κ1) is 18.8. The second-order valence-corrected chi connectivity index (χ2v) is 6.56. The summed E-state index contributed by atoms with van der Waals surface area (Å²) in [5.41, 5.74) is 1.67. The lowest BCUT2D eigenvalue weighted by molar-refractivity contribution is -0.384. The summed E-state index contributed by atoms with van der Waals surface area (Å²) in [7, 11) is 1.71. The number of ether oxygens (including phenoxy) is 1. The number of benzene rings is 1. The van der Waals surface area contributed by atoms with Crippen molar-refractivity contribution in [3.63, 3.8) is 0 Å². The van der Waals surface area contributed by atoms with Crippen molar-refractivity contribution in [1.82, 2.24) is 9.78 Å². The molecule has 1 atom stereocenters. The molecule has 0 saturated carbocycles. The standard InChI is InChI=1S/C18H26N4O3/c1-12(2)25-16-10-8-15(9-11-16)7-6-13(3)19-18-17(22(23)24)14(4)20-21(18)5/h8-13,19H,6-7H2,1-5H3/t13-/m1/s1. The molecule has 2 aromatic rings. The maximum absolute atomic E-state index is 11.2. The fourth-order valence-corrected chi connectivity index (χ4v) is 2.72. The minimum absolute atomic E-state index is 0.0459. The molecule has 136 valence electrons. The van der Waals surface area contributed by atoms with Gasteiger partial charge in [-0.25, -0.2) is 4.68 Å². The SMILES string of the molecule is Cc1nn(C)c(N[C@H](C)CCc2ccc(OC(C)C)cc2)c1[N+](=O)[O-]. The van der Waals surface area contributed by atoms with Gasteiger partial charge in [-0.05, 0) is 58.2 Å². The maximum Gasteiger partial charge on any atom is 0.333 e. The Morgan fingerprint density at radius 3 is 2.48 bits per heavy atom. The highest BCUT2D eigenvalue weighted by Crippen LogP contribution is 2.28. The summed E-state index contributed by atoms with van der Waals surface area (Å²) in [5.74, 6) is 1.32. The van der Waals surface area contributed by atoms with Gasteiger partial charge in [-0.1, -0.05) is 12.1 Å². The molecule has 0 unspecified atom stereocenters. The lowest BCUT2D eigenvalue weighted by Crippen LogP contribution is -2.19. The molecule has 2 rings (SSSR count). The van der Waals surface area contributed by atoms with Gasteiger partial charge in [0.1, 0.15) is 11.4 Å². The summed E-state index contributed by atoms with van der Waals surface area (Å²) < 4.78 is 7.17. The van der Waals surface area contributed by atoms with Crippen molar-refractivity contribution in [2.45, 2.75) is 52.7 Å². The van der Waals surface area contributed by atoms with Crippen LogP contribution in [-0.4, -0.2) is 26.8 Å². The maximum atomic E-state index is 11.2. The molecular weight excluding hydrogens is 320 g/mol. The number of hydrogen-bond donors (Lipinski definition) is 1. The summed E-state index contributed by atoms with van der Waals surface area (Å²) in [6, 6.07) is 8.15. The Balaban J connectivity index is 1.95. The highest BCUT2D eigenvalue weighted by Gasteiger charge is 2.24. The zero-order chi connectivity index (χ0) is 18.6. The second-order valence-electron chi connectivity index (χ2n) is 6.56. The zero-order valence-electron chi connectivity index (χ0n) is 15.4. The van der Waals surface area contributed by atoms with Crippen LogP contribution in [0.15, 0.2) is 24.3 Å². The quantitative estimate of drug-likeness (QED) is 0.580. The largest absolute Gasteiger partial charge is 0.491 e. The van der Waals surface area contributed by atoms with Crippen LogP contribution in [0.2, 0.25) is 0 Å². The third-order valence-corrected chi connectivity index (χ3v) is 3.92. The number of aromatic nitrogens is 2. The van der Waals surface area contributed by atoms with E-state index in [0.29, 0.717) is 11.5 Å². The van der Waals surface area contributed by atoms with E-state index in [0.717, 1.165) is 18.6 Å². The molecule has 7 heteroatoms. The Morgan fingerprint density at radius 2 is 1.92 bits per heavy atom. The first-order valence-electron chi connectivity index (χ1n) is 8.48. The van der Waals surface area contributed by atoms with Crippen molar-refractivity contribution in [2.75, 3.05) is 5.32 Å². The molecule has 0 amide bonds. The molecule has 0 aliphatic heterocycles. The monoisotopic (exact) mass is 346 g/mol. The van der Waals surface area contributed by atoms with E-state index in [1.165, 1.54) is 10.2 Å². The predicted molar refractivity (Wildman–Crippen MR) is 98.2 cm³/mol. The van der Waals surface area contributed by atoms with Crippen LogP contribution < -0.4 is 10.1 Å². The van der Waals surface area contributed by atoms with Crippen molar-refractivity contribution in [3.8, 4) is 5.75 Å².